The van der Waals surface area contributed by atoms with Crippen LogP contribution in [0.4, 0.5) is 0 Å². The molecule has 13 rings (SSSR count). The number of benzene rings is 10. The minimum Gasteiger partial charge on any atom is -0.309 e. The number of hydrogen-bond donors (Lipinski definition) is 0. The van der Waals surface area contributed by atoms with Gasteiger partial charge >= 0.3 is 0 Å². The van der Waals surface area contributed by atoms with Crippen LogP contribution in [0.15, 0.2) is 237 Å². The first-order valence-electron chi connectivity index (χ1n) is 22.6. The molecule has 5 heteroatoms. The lowest BCUT2D eigenvalue weighted by atomic mass is 9.91. The van der Waals surface area contributed by atoms with Crippen LogP contribution in [0.1, 0.15) is 0 Å². The summed E-state index contributed by atoms with van der Waals surface area (Å²) >= 11 is 0. The summed E-state index contributed by atoms with van der Waals surface area (Å²) in [6.45, 7) is 0. The van der Waals surface area contributed by atoms with E-state index in [1.807, 2.05) is 60.7 Å². The average molecular weight is 854 g/mol. The number of pyridine rings is 1. The van der Waals surface area contributed by atoms with Crippen LogP contribution in [0.25, 0.3) is 128 Å². The number of rotatable bonds is 7. The smallest absolute Gasteiger partial charge is 0.164 e. The van der Waals surface area contributed by atoms with Gasteiger partial charge < -0.3 is 4.57 Å². The summed E-state index contributed by atoms with van der Waals surface area (Å²) in [5, 5.41) is 8.12. The van der Waals surface area contributed by atoms with Gasteiger partial charge in [-0.15, -0.1) is 0 Å². The van der Waals surface area contributed by atoms with Crippen molar-refractivity contribution in [3.05, 3.63) is 237 Å². The fourth-order valence-corrected chi connectivity index (χ4v) is 9.98. The van der Waals surface area contributed by atoms with Gasteiger partial charge in [0, 0.05) is 60.4 Å². The monoisotopic (exact) mass is 853 g/mol. The minimum absolute atomic E-state index is 0.638. The van der Waals surface area contributed by atoms with Crippen molar-refractivity contribution in [2.75, 3.05) is 0 Å². The molecule has 0 aliphatic carbocycles. The Kier molecular flexibility index (Phi) is 9.10. The van der Waals surface area contributed by atoms with Gasteiger partial charge in [-0.25, -0.2) is 19.9 Å². The van der Waals surface area contributed by atoms with Crippen LogP contribution in [0, 0.1) is 0 Å². The lowest BCUT2D eigenvalue weighted by molar-refractivity contribution is 1.08. The predicted molar refractivity (Wildman–Crippen MR) is 277 cm³/mol. The Morgan fingerprint density at radius 3 is 1.42 bits per heavy atom. The van der Waals surface area contributed by atoms with Crippen LogP contribution in [0.2, 0.25) is 0 Å². The summed E-state index contributed by atoms with van der Waals surface area (Å²) in [6.07, 6.45) is 0. The number of aromatic nitrogens is 5. The minimum atomic E-state index is 0.638. The van der Waals surface area contributed by atoms with Gasteiger partial charge in [-0.3, -0.25) is 0 Å². The standard InChI is InChI=1S/C62H39N5/c1-5-18-42(19-6-1)58-53-38-39-55-57(51-28-15-16-31-54(51)67(55)45-24-11-4-12-25-45)56(53)52-30-17-29-47(59(52)63-58)41-34-32-40(33-35-41)46-36-37-50(49-27-14-13-26-48(46)49)62-65-60(43-20-7-2-8-21-43)64-61(66-62)44-22-9-3-10-23-44/h1-39H. The molecule has 5 nitrogen and oxygen atoms in total. The fourth-order valence-electron chi connectivity index (χ4n) is 9.98. The molecule has 0 radical (unpaired) electrons. The Morgan fingerprint density at radius 1 is 0.254 bits per heavy atom. The van der Waals surface area contributed by atoms with E-state index in [4.69, 9.17) is 19.9 Å². The average Bonchev–Trinajstić information content (AvgIpc) is 3.75. The first kappa shape index (κ1) is 38.4. The molecule has 0 aliphatic heterocycles. The highest BCUT2D eigenvalue weighted by Crippen LogP contribution is 2.44. The maximum atomic E-state index is 5.59. The molecule has 0 N–H and O–H groups in total. The van der Waals surface area contributed by atoms with Gasteiger partial charge in [0.05, 0.1) is 22.2 Å². The second-order valence-corrected chi connectivity index (χ2v) is 16.9. The molecule has 3 aromatic heterocycles. The molecular formula is C62H39N5. The van der Waals surface area contributed by atoms with Crippen molar-refractivity contribution in [3.63, 3.8) is 0 Å². The lowest BCUT2D eigenvalue weighted by Gasteiger charge is -2.15. The number of fused-ring (bicyclic) bond motifs is 8. The molecule has 0 saturated heterocycles. The van der Waals surface area contributed by atoms with Crippen molar-refractivity contribution < 1.29 is 0 Å². The van der Waals surface area contributed by atoms with Gasteiger partial charge in [0.2, 0.25) is 0 Å². The lowest BCUT2D eigenvalue weighted by Crippen LogP contribution is -2.00. The maximum absolute atomic E-state index is 5.59. The van der Waals surface area contributed by atoms with Gasteiger partial charge in [-0.05, 0) is 57.8 Å². The molecule has 0 fully saturated rings. The summed E-state index contributed by atoms with van der Waals surface area (Å²) in [5.74, 6) is 1.92. The van der Waals surface area contributed by atoms with Gasteiger partial charge in [0.25, 0.3) is 0 Å². The largest absolute Gasteiger partial charge is 0.309 e. The van der Waals surface area contributed by atoms with Crippen molar-refractivity contribution in [2.24, 2.45) is 0 Å². The molecule has 0 aliphatic rings. The Hall–Kier alpha value is -9.06. The topological polar surface area (TPSA) is 56.5 Å². The third-order valence-corrected chi connectivity index (χ3v) is 13.1. The first-order valence-corrected chi connectivity index (χ1v) is 22.6. The normalized spacial score (nSPS) is 11.6. The Labute approximate surface area is 387 Å². The van der Waals surface area contributed by atoms with E-state index in [-0.39, 0.29) is 0 Å². The third-order valence-electron chi connectivity index (χ3n) is 13.1. The SMILES string of the molecule is c1ccc(-c2nc(-c3ccccc3)nc(-c3ccc(-c4ccc(-c5cccc6c5nc(-c5ccccc5)c5ccc7c(c8ccccc8n7-c7ccccc7)c56)cc4)c4ccccc34)n2)cc1. The zero-order valence-corrected chi connectivity index (χ0v) is 36.3. The van der Waals surface area contributed by atoms with Crippen LogP contribution >= 0.6 is 0 Å². The van der Waals surface area contributed by atoms with Crippen molar-refractivity contribution in [2.45, 2.75) is 0 Å². The molecule has 67 heavy (non-hydrogen) atoms. The maximum Gasteiger partial charge on any atom is 0.164 e. The van der Waals surface area contributed by atoms with E-state index in [9.17, 15) is 0 Å². The van der Waals surface area contributed by atoms with Crippen molar-refractivity contribution in [1.29, 1.82) is 0 Å². The summed E-state index contributed by atoms with van der Waals surface area (Å²) in [6, 6.07) is 83.4. The molecule has 0 amide bonds. The molecule has 312 valence electrons. The number of nitrogens with zero attached hydrogens (tertiary/aromatic N) is 5. The highest BCUT2D eigenvalue weighted by atomic mass is 15.0. The molecule has 13 aromatic rings. The summed E-state index contributed by atoms with van der Waals surface area (Å²) in [4.78, 5) is 20.7. The van der Waals surface area contributed by atoms with Crippen molar-refractivity contribution in [1.82, 2.24) is 24.5 Å². The van der Waals surface area contributed by atoms with E-state index in [0.29, 0.717) is 17.5 Å². The number of hydrogen-bond acceptors (Lipinski definition) is 4. The summed E-state index contributed by atoms with van der Waals surface area (Å²) < 4.78 is 2.39. The quantitative estimate of drug-likeness (QED) is 0.150. The highest BCUT2D eigenvalue weighted by Gasteiger charge is 2.21. The second kappa shape index (κ2) is 15.9. The highest BCUT2D eigenvalue weighted by molar-refractivity contribution is 6.30. The summed E-state index contributed by atoms with van der Waals surface area (Å²) in [5.41, 5.74) is 13.8. The van der Waals surface area contributed by atoms with Crippen LogP contribution in [-0.4, -0.2) is 24.5 Å². The molecule has 0 spiro atoms. The zero-order valence-electron chi connectivity index (χ0n) is 36.3. The summed E-state index contributed by atoms with van der Waals surface area (Å²) in [7, 11) is 0. The van der Waals surface area contributed by atoms with Crippen molar-refractivity contribution in [3.8, 4) is 73.4 Å². The Morgan fingerprint density at radius 2 is 0.761 bits per heavy atom. The van der Waals surface area contributed by atoms with Gasteiger partial charge in [0.1, 0.15) is 0 Å². The molecule has 10 aromatic carbocycles. The zero-order chi connectivity index (χ0) is 44.3. The number of para-hydroxylation sites is 3. The van der Waals surface area contributed by atoms with E-state index < -0.39 is 0 Å². The van der Waals surface area contributed by atoms with Gasteiger partial charge in [-0.1, -0.05) is 206 Å². The molecule has 0 saturated carbocycles. The third kappa shape index (κ3) is 6.47. The predicted octanol–water partition coefficient (Wildman–Crippen LogP) is 15.8. The first-order chi connectivity index (χ1) is 33.2. The van der Waals surface area contributed by atoms with Crippen LogP contribution in [0.3, 0.4) is 0 Å². The van der Waals surface area contributed by atoms with E-state index in [0.717, 1.165) is 83.0 Å². The van der Waals surface area contributed by atoms with Crippen LogP contribution in [0.5, 0.6) is 0 Å². The van der Waals surface area contributed by atoms with E-state index >= 15 is 0 Å². The molecular weight excluding hydrogens is 815 g/mol. The van der Waals surface area contributed by atoms with E-state index in [2.05, 4.69) is 180 Å². The fraction of sp³-hybridized carbons (Fsp3) is 0. The second-order valence-electron chi connectivity index (χ2n) is 16.9. The molecule has 0 bridgehead atoms. The molecule has 0 unspecified atom stereocenters. The van der Waals surface area contributed by atoms with E-state index in [1.54, 1.807) is 0 Å². The molecule has 3 heterocycles. The van der Waals surface area contributed by atoms with Crippen molar-refractivity contribution >= 4 is 54.3 Å². The Bertz CT molecular complexity index is 3940. The van der Waals surface area contributed by atoms with Crippen LogP contribution < -0.4 is 0 Å². The van der Waals surface area contributed by atoms with E-state index in [1.165, 1.54) is 27.2 Å². The van der Waals surface area contributed by atoms with Gasteiger partial charge in [-0.2, -0.15) is 0 Å². The van der Waals surface area contributed by atoms with Gasteiger partial charge in [0.15, 0.2) is 17.5 Å². The molecule has 0 atom stereocenters. The Balaban J connectivity index is 0.968. The van der Waals surface area contributed by atoms with Crippen LogP contribution in [-0.2, 0) is 0 Å².